The van der Waals surface area contributed by atoms with E-state index in [-0.39, 0.29) is 17.8 Å². The summed E-state index contributed by atoms with van der Waals surface area (Å²) in [7, 11) is 4.54. The van der Waals surface area contributed by atoms with E-state index in [4.69, 9.17) is 18.6 Å². The van der Waals surface area contributed by atoms with Gasteiger partial charge in [0.25, 0.3) is 5.91 Å². The fraction of sp³-hybridized carbons (Fsp3) is 0.150. The first kappa shape index (κ1) is 19.0. The molecule has 0 aliphatic heterocycles. The highest BCUT2D eigenvalue weighted by atomic mass is 16.5. The largest absolute Gasteiger partial charge is 0.493 e. The number of methoxy groups -OCH3 is 3. The highest BCUT2D eigenvalue weighted by Crippen LogP contribution is 2.41. The maximum atomic E-state index is 12.0. The van der Waals surface area contributed by atoms with E-state index >= 15 is 0 Å². The molecule has 1 aromatic heterocycles. The van der Waals surface area contributed by atoms with Crippen LogP contribution in [0.1, 0.15) is 5.56 Å². The predicted molar refractivity (Wildman–Crippen MR) is 103 cm³/mol. The summed E-state index contributed by atoms with van der Waals surface area (Å²) >= 11 is 0. The Kier molecular flexibility index (Phi) is 5.91. The number of anilines is 1. The number of carbonyl (C=O) groups is 1. The quantitative estimate of drug-likeness (QED) is 0.627. The third kappa shape index (κ3) is 4.29. The molecular formula is C20H19N3O5. The van der Waals surface area contributed by atoms with Gasteiger partial charge in [-0.3, -0.25) is 10.1 Å². The van der Waals surface area contributed by atoms with E-state index in [1.54, 1.807) is 18.2 Å². The molecule has 0 radical (unpaired) electrons. The zero-order chi connectivity index (χ0) is 19.9. The van der Waals surface area contributed by atoms with E-state index < -0.39 is 0 Å². The van der Waals surface area contributed by atoms with Gasteiger partial charge < -0.3 is 18.6 Å². The van der Waals surface area contributed by atoms with Gasteiger partial charge in [-0.25, -0.2) is 0 Å². The van der Waals surface area contributed by atoms with Crippen LogP contribution in [0.4, 0.5) is 6.01 Å². The van der Waals surface area contributed by atoms with Gasteiger partial charge in [0.05, 0.1) is 21.3 Å². The highest BCUT2D eigenvalue weighted by Gasteiger charge is 2.17. The van der Waals surface area contributed by atoms with Crippen LogP contribution in [0.25, 0.3) is 17.5 Å². The van der Waals surface area contributed by atoms with Crippen molar-refractivity contribution in [3.8, 4) is 28.7 Å². The van der Waals surface area contributed by atoms with Crippen molar-refractivity contribution in [1.29, 1.82) is 0 Å². The maximum absolute atomic E-state index is 12.0. The van der Waals surface area contributed by atoms with Crippen molar-refractivity contribution in [3.63, 3.8) is 0 Å². The van der Waals surface area contributed by atoms with Gasteiger partial charge in [-0.2, -0.15) is 0 Å². The van der Waals surface area contributed by atoms with E-state index in [2.05, 4.69) is 15.5 Å². The van der Waals surface area contributed by atoms with Gasteiger partial charge in [-0.15, -0.1) is 5.10 Å². The molecule has 3 rings (SSSR count). The van der Waals surface area contributed by atoms with Crippen LogP contribution in [0.3, 0.4) is 0 Å². The molecule has 0 aliphatic carbocycles. The molecule has 28 heavy (non-hydrogen) atoms. The molecule has 144 valence electrons. The number of hydrogen-bond donors (Lipinski definition) is 1. The smallest absolute Gasteiger partial charge is 0.322 e. The van der Waals surface area contributed by atoms with Gasteiger partial charge >= 0.3 is 6.01 Å². The normalized spacial score (nSPS) is 10.7. The Morgan fingerprint density at radius 1 is 1.00 bits per heavy atom. The standard InChI is InChI=1S/C20H19N3O5/c1-25-15-11-14(12-16(26-2)18(15)27-3)19-22-23-20(28-19)21-17(24)10-9-13-7-5-4-6-8-13/h4-12H,1-3H3,(H,21,23,24). The topological polar surface area (TPSA) is 95.7 Å². The second-order valence-corrected chi connectivity index (χ2v) is 5.56. The summed E-state index contributed by atoms with van der Waals surface area (Å²) in [5, 5.41) is 10.3. The molecule has 8 heteroatoms. The molecule has 1 heterocycles. The second kappa shape index (κ2) is 8.72. The number of nitrogens with one attached hydrogen (secondary N) is 1. The molecule has 1 N–H and O–H groups in total. The molecule has 3 aromatic rings. The van der Waals surface area contributed by atoms with Crippen LogP contribution in [0, 0.1) is 0 Å². The van der Waals surface area contributed by atoms with Gasteiger partial charge in [0.15, 0.2) is 11.5 Å². The minimum Gasteiger partial charge on any atom is -0.493 e. The van der Waals surface area contributed by atoms with E-state index in [0.717, 1.165) is 5.56 Å². The number of nitrogens with zero attached hydrogens (tertiary/aromatic N) is 2. The van der Waals surface area contributed by atoms with Gasteiger partial charge in [0.2, 0.25) is 11.6 Å². The van der Waals surface area contributed by atoms with Crippen LogP contribution in [0.5, 0.6) is 17.2 Å². The van der Waals surface area contributed by atoms with Crippen molar-refractivity contribution in [2.45, 2.75) is 0 Å². The average Bonchev–Trinajstić information content (AvgIpc) is 3.20. The number of carbonyl (C=O) groups excluding carboxylic acids is 1. The van der Waals surface area contributed by atoms with E-state index in [1.807, 2.05) is 30.3 Å². The molecule has 0 spiro atoms. The summed E-state index contributed by atoms with van der Waals surface area (Å²) in [5.41, 5.74) is 1.46. The van der Waals surface area contributed by atoms with Crippen molar-refractivity contribution >= 4 is 18.0 Å². The summed E-state index contributed by atoms with van der Waals surface area (Å²) in [6.07, 6.45) is 3.07. The SMILES string of the molecule is COc1cc(-c2nnc(NC(=O)C=Cc3ccccc3)o2)cc(OC)c1OC. The Bertz CT molecular complexity index is 958. The van der Waals surface area contributed by atoms with E-state index in [0.29, 0.717) is 22.8 Å². The molecule has 0 saturated carbocycles. The predicted octanol–water partition coefficient (Wildman–Crippen LogP) is 3.41. The van der Waals surface area contributed by atoms with Crippen molar-refractivity contribution in [1.82, 2.24) is 10.2 Å². The molecule has 0 aliphatic rings. The minimum absolute atomic E-state index is 0.0218. The van der Waals surface area contributed by atoms with Gasteiger partial charge in [0, 0.05) is 11.6 Å². The summed E-state index contributed by atoms with van der Waals surface area (Å²) in [5.74, 6) is 1.16. The zero-order valence-corrected chi connectivity index (χ0v) is 15.6. The number of amides is 1. The van der Waals surface area contributed by atoms with Crippen LogP contribution in [0.15, 0.2) is 53.0 Å². The summed E-state index contributed by atoms with van der Waals surface area (Å²) in [6, 6.07) is 12.8. The van der Waals surface area contributed by atoms with E-state index in [1.165, 1.54) is 27.4 Å². The van der Waals surface area contributed by atoms with Gasteiger partial charge in [-0.05, 0) is 23.8 Å². The summed E-state index contributed by atoms with van der Waals surface area (Å²) in [6.45, 7) is 0. The first-order valence-electron chi connectivity index (χ1n) is 8.32. The molecule has 1 amide bonds. The van der Waals surface area contributed by atoms with Crippen LogP contribution < -0.4 is 19.5 Å². The third-order valence-corrected chi connectivity index (χ3v) is 3.79. The van der Waals surface area contributed by atoms with Gasteiger partial charge in [-0.1, -0.05) is 35.4 Å². The number of hydrogen-bond acceptors (Lipinski definition) is 7. The number of rotatable bonds is 7. The summed E-state index contributed by atoms with van der Waals surface area (Å²) in [4.78, 5) is 12.0. The monoisotopic (exact) mass is 381 g/mol. The minimum atomic E-state index is -0.385. The Hall–Kier alpha value is -3.81. The maximum Gasteiger partial charge on any atom is 0.322 e. The van der Waals surface area contributed by atoms with E-state index in [9.17, 15) is 4.79 Å². The summed E-state index contributed by atoms with van der Waals surface area (Å²) < 4.78 is 21.4. The number of ether oxygens (including phenoxy) is 3. The molecule has 0 bridgehead atoms. The fourth-order valence-corrected chi connectivity index (χ4v) is 2.48. The Labute approximate surface area is 161 Å². The average molecular weight is 381 g/mol. The lowest BCUT2D eigenvalue weighted by atomic mass is 10.2. The lowest BCUT2D eigenvalue weighted by Crippen LogP contribution is -2.07. The van der Waals surface area contributed by atoms with Crippen LogP contribution >= 0.6 is 0 Å². The Morgan fingerprint density at radius 2 is 1.68 bits per heavy atom. The molecule has 8 nitrogen and oxygen atoms in total. The lowest BCUT2D eigenvalue weighted by Gasteiger charge is -2.12. The highest BCUT2D eigenvalue weighted by molar-refractivity contribution is 6.00. The van der Waals surface area contributed by atoms with Crippen molar-refractivity contribution in [3.05, 3.63) is 54.1 Å². The molecular weight excluding hydrogens is 362 g/mol. The Balaban J connectivity index is 1.77. The molecule has 0 atom stereocenters. The first-order chi connectivity index (χ1) is 13.6. The van der Waals surface area contributed by atoms with Crippen molar-refractivity contribution in [2.75, 3.05) is 26.6 Å². The fourth-order valence-electron chi connectivity index (χ4n) is 2.48. The third-order valence-electron chi connectivity index (χ3n) is 3.79. The van der Waals surface area contributed by atoms with Crippen LogP contribution in [0.2, 0.25) is 0 Å². The number of aromatic nitrogens is 2. The second-order valence-electron chi connectivity index (χ2n) is 5.56. The van der Waals surface area contributed by atoms with Crippen molar-refractivity contribution < 1.29 is 23.4 Å². The first-order valence-corrected chi connectivity index (χ1v) is 8.32. The number of benzene rings is 2. The van der Waals surface area contributed by atoms with Crippen LogP contribution in [-0.2, 0) is 4.79 Å². The zero-order valence-electron chi connectivity index (χ0n) is 15.6. The molecule has 0 saturated heterocycles. The molecule has 2 aromatic carbocycles. The van der Waals surface area contributed by atoms with Crippen molar-refractivity contribution in [2.24, 2.45) is 0 Å². The van der Waals surface area contributed by atoms with Crippen LogP contribution in [-0.4, -0.2) is 37.4 Å². The van der Waals surface area contributed by atoms with Gasteiger partial charge in [0.1, 0.15) is 0 Å². The Morgan fingerprint density at radius 3 is 2.29 bits per heavy atom. The molecule has 0 unspecified atom stereocenters. The lowest BCUT2D eigenvalue weighted by molar-refractivity contribution is -0.112. The molecule has 0 fully saturated rings.